The first-order chi connectivity index (χ1) is 9.19. The maximum absolute atomic E-state index is 9.49. The molecule has 0 saturated heterocycles. The molecule has 1 aromatic heterocycles. The van der Waals surface area contributed by atoms with Crippen molar-refractivity contribution in [2.45, 2.75) is 19.9 Å². The SMILES string of the molecule is Cc1ccc(OCCc2cc(CN)c(O)cn2)cc1. The lowest BCUT2D eigenvalue weighted by atomic mass is 10.2. The highest BCUT2D eigenvalue weighted by Gasteiger charge is 2.03. The third-order valence-electron chi connectivity index (χ3n) is 2.89. The van der Waals surface area contributed by atoms with E-state index < -0.39 is 0 Å². The van der Waals surface area contributed by atoms with Crippen LogP contribution in [0, 0.1) is 6.92 Å². The molecule has 4 nitrogen and oxygen atoms in total. The summed E-state index contributed by atoms with van der Waals surface area (Å²) in [4.78, 5) is 4.15. The molecule has 0 radical (unpaired) electrons. The standard InChI is InChI=1S/C15H18N2O2/c1-11-2-4-14(5-3-11)19-7-6-13-8-12(9-16)15(18)10-17-13/h2-5,8,10,18H,6-7,9,16H2,1H3. The summed E-state index contributed by atoms with van der Waals surface area (Å²) in [5, 5.41) is 9.49. The molecule has 2 rings (SSSR count). The van der Waals surface area contributed by atoms with Gasteiger partial charge in [-0.3, -0.25) is 4.98 Å². The highest BCUT2D eigenvalue weighted by Crippen LogP contribution is 2.16. The van der Waals surface area contributed by atoms with Crippen LogP contribution in [0.1, 0.15) is 16.8 Å². The molecule has 0 atom stereocenters. The molecule has 1 aromatic carbocycles. The molecule has 100 valence electrons. The van der Waals surface area contributed by atoms with Gasteiger partial charge in [0.05, 0.1) is 12.8 Å². The van der Waals surface area contributed by atoms with Gasteiger partial charge in [-0.2, -0.15) is 0 Å². The number of aryl methyl sites for hydroxylation is 1. The van der Waals surface area contributed by atoms with Crippen LogP contribution in [0.5, 0.6) is 11.5 Å². The molecule has 1 heterocycles. The number of nitrogens with zero attached hydrogens (tertiary/aromatic N) is 1. The van der Waals surface area contributed by atoms with Crippen LogP contribution >= 0.6 is 0 Å². The summed E-state index contributed by atoms with van der Waals surface area (Å²) < 4.78 is 5.63. The number of hydrogen-bond acceptors (Lipinski definition) is 4. The van der Waals surface area contributed by atoms with Crippen LogP contribution in [0.4, 0.5) is 0 Å². The Kier molecular flexibility index (Phi) is 4.36. The van der Waals surface area contributed by atoms with Crippen molar-refractivity contribution in [1.82, 2.24) is 4.98 Å². The minimum absolute atomic E-state index is 0.144. The molecule has 0 bridgehead atoms. The number of benzene rings is 1. The minimum Gasteiger partial charge on any atom is -0.506 e. The fraction of sp³-hybridized carbons (Fsp3) is 0.267. The summed E-state index contributed by atoms with van der Waals surface area (Å²) in [5.74, 6) is 0.995. The third-order valence-corrected chi connectivity index (χ3v) is 2.89. The van der Waals surface area contributed by atoms with E-state index >= 15 is 0 Å². The monoisotopic (exact) mass is 258 g/mol. The number of rotatable bonds is 5. The van der Waals surface area contributed by atoms with Gasteiger partial charge in [-0.05, 0) is 25.1 Å². The summed E-state index contributed by atoms with van der Waals surface area (Å²) in [7, 11) is 0. The minimum atomic E-state index is 0.144. The van der Waals surface area contributed by atoms with Gasteiger partial charge in [0.1, 0.15) is 11.5 Å². The maximum Gasteiger partial charge on any atom is 0.138 e. The van der Waals surface area contributed by atoms with E-state index in [1.807, 2.05) is 37.3 Å². The Bertz CT molecular complexity index is 538. The van der Waals surface area contributed by atoms with Crippen LogP contribution in [0.15, 0.2) is 36.5 Å². The Morgan fingerprint density at radius 3 is 2.68 bits per heavy atom. The van der Waals surface area contributed by atoms with E-state index in [0.717, 1.165) is 11.4 Å². The fourth-order valence-electron chi connectivity index (χ4n) is 1.75. The molecule has 0 fully saturated rings. The second kappa shape index (κ2) is 6.20. The average molecular weight is 258 g/mol. The summed E-state index contributed by atoms with van der Waals surface area (Å²) in [5.41, 5.74) is 8.32. The number of ether oxygens (including phenoxy) is 1. The Hall–Kier alpha value is -2.07. The van der Waals surface area contributed by atoms with Crippen LogP contribution < -0.4 is 10.5 Å². The van der Waals surface area contributed by atoms with Gasteiger partial charge in [0.25, 0.3) is 0 Å². The quantitative estimate of drug-likeness (QED) is 0.862. The van der Waals surface area contributed by atoms with Gasteiger partial charge in [-0.1, -0.05) is 17.7 Å². The Balaban J connectivity index is 1.90. The summed E-state index contributed by atoms with van der Waals surface area (Å²) >= 11 is 0. The van der Waals surface area contributed by atoms with E-state index in [9.17, 15) is 5.11 Å². The van der Waals surface area contributed by atoms with Crippen LogP contribution in [0.2, 0.25) is 0 Å². The molecule has 3 N–H and O–H groups in total. The molecule has 0 saturated carbocycles. The summed E-state index contributed by atoms with van der Waals surface area (Å²) in [6.45, 7) is 2.89. The van der Waals surface area contributed by atoms with Gasteiger partial charge in [0.15, 0.2) is 0 Å². The van der Waals surface area contributed by atoms with Crippen molar-refractivity contribution >= 4 is 0 Å². The highest BCUT2D eigenvalue weighted by molar-refractivity contribution is 5.31. The van der Waals surface area contributed by atoms with Gasteiger partial charge in [0.2, 0.25) is 0 Å². The van der Waals surface area contributed by atoms with Crippen molar-refractivity contribution in [3.8, 4) is 11.5 Å². The predicted octanol–water partition coefficient (Wildman–Crippen LogP) is 2.18. The first-order valence-electron chi connectivity index (χ1n) is 6.25. The lowest BCUT2D eigenvalue weighted by molar-refractivity contribution is 0.320. The number of aromatic nitrogens is 1. The number of pyridine rings is 1. The molecule has 0 spiro atoms. The molecule has 4 heteroatoms. The smallest absolute Gasteiger partial charge is 0.138 e. The summed E-state index contributed by atoms with van der Waals surface area (Å²) in [6.07, 6.45) is 2.12. The van der Waals surface area contributed by atoms with Gasteiger partial charge in [-0.25, -0.2) is 0 Å². The fourth-order valence-corrected chi connectivity index (χ4v) is 1.75. The Labute approximate surface area is 112 Å². The zero-order chi connectivity index (χ0) is 13.7. The number of nitrogens with two attached hydrogens (primary N) is 1. The van der Waals surface area contributed by atoms with Crippen molar-refractivity contribution in [2.24, 2.45) is 5.73 Å². The molecule has 2 aromatic rings. The number of hydrogen-bond donors (Lipinski definition) is 2. The Morgan fingerprint density at radius 1 is 1.26 bits per heavy atom. The first kappa shape index (κ1) is 13.4. The predicted molar refractivity (Wildman–Crippen MR) is 74.2 cm³/mol. The maximum atomic E-state index is 9.49. The van der Waals surface area contributed by atoms with E-state index in [1.165, 1.54) is 11.8 Å². The van der Waals surface area contributed by atoms with Crippen molar-refractivity contribution < 1.29 is 9.84 Å². The normalized spacial score (nSPS) is 10.4. The zero-order valence-corrected chi connectivity index (χ0v) is 11.0. The second-order valence-electron chi connectivity index (χ2n) is 4.42. The lowest BCUT2D eigenvalue weighted by Gasteiger charge is -2.07. The molecule has 0 unspecified atom stereocenters. The van der Waals surface area contributed by atoms with Gasteiger partial charge in [0, 0.05) is 24.2 Å². The molecular formula is C15H18N2O2. The largest absolute Gasteiger partial charge is 0.506 e. The zero-order valence-electron chi connectivity index (χ0n) is 11.0. The van der Waals surface area contributed by atoms with Crippen molar-refractivity contribution in [2.75, 3.05) is 6.61 Å². The van der Waals surface area contributed by atoms with Crippen LogP contribution in [0.3, 0.4) is 0 Å². The second-order valence-corrected chi connectivity index (χ2v) is 4.42. The van der Waals surface area contributed by atoms with E-state index in [0.29, 0.717) is 25.1 Å². The molecule has 0 aliphatic carbocycles. The molecular weight excluding hydrogens is 240 g/mol. The highest BCUT2D eigenvalue weighted by atomic mass is 16.5. The topological polar surface area (TPSA) is 68.4 Å². The average Bonchev–Trinajstić information content (AvgIpc) is 2.43. The van der Waals surface area contributed by atoms with Crippen molar-refractivity contribution in [3.63, 3.8) is 0 Å². The van der Waals surface area contributed by atoms with E-state index in [2.05, 4.69) is 4.98 Å². The van der Waals surface area contributed by atoms with Crippen LogP contribution in [-0.4, -0.2) is 16.7 Å². The van der Waals surface area contributed by atoms with E-state index in [1.54, 1.807) is 0 Å². The van der Waals surface area contributed by atoms with Gasteiger partial charge in [-0.15, -0.1) is 0 Å². The van der Waals surface area contributed by atoms with E-state index in [4.69, 9.17) is 10.5 Å². The summed E-state index contributed by atoms with van der Waals surface area (Å²) in [6, 6.07) is 9.74. The van der Waals surface area contributed by atoms with Gasteiger partial charge < -0.3 is 15.6 Å². The van der Waals surface area contributed by atoms with Gasteiger partial charge >= 0.3 is 0 Å². The molecule has 19 heavy (non-hydrogen) atoms. The first-order valence-corrected chi connectivity index (χ1v) is 6.25. The third kappa shape index (κ3) is 3.69. The molecule has 0 aliphatic rings. The van der Waals surface area contributed by atoms with Crippen molar-refractivity contribution in [1.29, 1.82) is 0 Å². The van der Waals surface area contributed by atoms with E-state index in [-0.39, 0.29) is 5.75 Å². The molecule has 0 amide bonds. The lowest BCUT2D eigenvalue weighted by Crippen LogP contribution is -2.05. The molecule has 0 aliphatic heterocycles. The number of aromatic hydroxyl groups is 1. The Morgan fingerprint density at radius 2 is 2.00 bits per heavy atom. The van der Waals surface area contributed by atoms with Crippen molar-refractivity contribution in [3.05, 3.63) is 53.3 Å². The van der Waals surface area contributed by atoms with Crippen LogP contribution in [0.25, 0.3) is 0 Å². The van der Waals surface area contributed by atoms with Crippen LogP contribution in [-0.2, 0) is 13.0 Å².